The monoisotopic (exact) mass is 292 g/mol. The van der Waals surface area contributed by atoms with Crippen molar-refractivity contribution in [2.75, 3.05) is 10.6 Å². The minimum Gasteiger partial charge on any atom is -0.376 e. The number of allylic oxidation sites excluding steroid dienone is 1. The lowest BCUT2D eigenvalue weighted by atomic mass is 9.86. The van der Waals surface area contributed by atoms with Crippen LogP contribution >= 0.6 is 0 Å². The smallest absolute Gasteiger partial charge is 0.0531 e. The van der Waals surface area contributed by atoms with Crippen molar-refractivity contribution in [1.29, 1.82) is 0 Å². The number of hydrogen-bond acceptors (Lipinski definition) is 2. The number of rotatable bonds is 4. The van der Waals surface area contributed by atoms with Gasteiger partial charge in [0.25, 0.3) is 0 Å². The Labute approximate surface area is 133 Å². The van der Waals surface area contributed by atoms with Crippen molar-refractivity contribution >= 4 is 22.6 Å². The van der Waals surface area contributed by atoms with E-state index in [1.54, 1.807) is 0 Å². The van der Waals surface area contributed by atoms with Gasteiger partial charge in [-0.25, -0.2) is 0 Å². The second-order valence-electron chi connectivity index (χ2n) is 6.17. The van der Waals surface area contributed by atoms with Crippen molar-refractivity contribution in [3.05, 3.63) is 60.2 Å². The van der Waals surface area contributed by atoms with Gasteiger partial charge in [0, 0.05) is 22.6 Å². The first-order chi connectivity index (χ1) is 10.6. The van der Waals surface area contributed by atoms with Gasteiger partial charge >= 0.3 is 0 Å². The summed E-state index contributed by atoms with van der Waals surface area (Å²) in [6.45, 7) is 6.73. The number of benzene rings is 2. The average molecular weight is 292 g/mol. The lowest BCUT2D eigenvalue weighted by Crippen LogP contribution is -2.34. The molecule has 0 saturated heterocycles. The van der Waals surface area contributed by atoms with E-state index in [-0.39, 0.29) is 5.54 Å². The topological polar surface area (TPSA) is 24.1 Å². The molecule has 1 heterocycles. The zero-order valence-electron chi connectivity index (χ0n) is 13.6. The van der Waals surface area contributed by atoms with E-state index in [0.29, 0.717) is 0 Å². The third-order valence-corrected chi connectivity index (χ3v) is 4.46. The Bertz CT molecular complexity index is 688. The van der Waals surface area contributed by atoms with Crippen LogP contribution in [-0.2, 0) is 0 Å². The second kappa shape index (κ2) is 5.88. The molecule has 2 aromatic rings. The van der Waals surface area contributed by atoms with Gasteiger partial charge < -0.3 is 10.6 Å². The van der Waals surface area contributed by atoms with Crippen molar-refractivity contribution in [2.45, 2.75) is 39.2 Å². The molecule has 3 rings (SSSR count). The maximum absolute atomic E-state index is 3.67. The van der Waals surface area contributed by atoms with Crippen LogP contribution in [0.25, 0.3) is 5.57 Å². The fourth-order valence-corrected chi connectivity index (χ4v) is 2.97. The van der Waals surface area contributed by atoms with Crippen molar-refractivity contribution in [3.8, 4) is 0 Å². The van der Waals surface area contributed by atoms with Gasteiger partial charge in [-0.1, -0.05) is 38.1 Å². The van der Waals surface area contributed by atoms with Crippen LogP contribution in [-0.4, -0.2) is 5.54 Å². The molecule has 0 bridgehead atoms. The predicted molar refractivity (Wildman–Crippen MR) is 96.8 cm³/mol. The van der Waals surface area contributed by atoms with E-state index >= 15 is 0 Å². The first-order valence-corrected chi connectivity index (χ1v) is 8.10. The summed E-state index contributed by atoms with van der Waals surface area (Å²) < 4.78 is 0. The molecule has 2 nitrogen and oxygen atoms in total. The summed E-state index contributed by atoms with van der Waals surface area (Å²) in [5, 5.41) is 7.15. The number of hydrogen-bond donors (Lipinski definition) is 2. The minimum atomic E-state index is 0.0622. The summed E-state index contributed by atoms with van der Waals surface area (Å²) in [6, 6.07) is 16.9. The number of para-hydroxylation sites is 1. The lowest BCUT2D eigenvalue weighted by molar-refractivity contribution is 0.607. The normalized spacial score (nSPS) is 19.9. The summed E-state index contributed by atoms with van der Waals surface area (Å²) in [5.41, 5.74) is 6.29. The van der Waals surface area contributed by atoms with E-state index in [4.69, 9.17) is 0 Å². The van der Waals surface area contributed by atoms with Crippen molar-refractivity contribution in [2.24, 2.45) is 0 Å². The molecular formula is C20H24N2. The largest absolute Gasteiger partial charge is 0.376 e. The summed E-state index contributed by atoms with van der Waals surface area (Å²) in [5.74, 6) is 0. The Morgan fingerprint density at radius 3 is 2.45 bits per heavy atom. The molecule has 1 atom stereocenters. The second-order valence-corrected chi connectivity index (χ2v) is 6.17. The van der Waals surface area contributed by atoms with Gasteiger partial charge in [-0.05, 0) is 55.7 Å². The van der Waals surface area contributed by atoms with Crippen LogP contribution in [0.15, 0.2) is 54.6 Å². The van der Waals surface area contributed by atoms with Crippen LogP contribution in [0.4, 0.5) is 17.1 Å². The fraction of sp³-hybridized carbons (Fsp3) is 0.300. The molecule has 1 aliphatic rings. The van der Waals surface area contributed by atoms with Crippen LogP contribution in [0.5, 0.6) is 0 Å². The molecule has 114 valence electrons. The Balaban J connectivity index is 1.94. The average Bonchev–Trinajstić information content (AvgIpc) is 2.55. The maximum Gasteiger partial charge on any atom is 0.0531 e. The van der Waals surface area contributed by atoms with Gasteiger partial charge in [0.1, 0.15) is 0 Å². The molecule has 0 aromatic heterocycles. The van der Waals surface area contributed by atoms with Gasteiger partial charge in [-0.2, -0.15) is 0 Å². The van der Waals surface area contributed by atoms with Gasteiger partial charge in [0.15, 0.2) is 0 Å². The summed E-state index contributed by atoms with van der Waals surface area (Å²) >= 11 is 0. The van der Waals surface area contributed by atoms with Crippen LogP contribution in [0.2, 0.25) is 0 Å². The molecule has 1 unspecified atom stereocenters. The zero-order valence-corrected chi connectivity index (χ0v) is 13.6. The predicted octanol–water partition coefficient (Wildman–Crippen LogP) is 5.82. The van der Waals surface area contributed by atoms with E-state index in [0.717, 1.165) is 24.2 Å². The van der Waals surface area contributed by atoms with E-state index < -0.39 is 0 Å². The van der Waals surface area contributed by atoms with Crippen LogP contribution in [0.1, 0.15) is 39.2 Å². The Morgan fingerprint density at radius 1 is 1.00 bits per heavy atom. The number of fused-ring (bicyclic) bond motifs is 1. The third kappa shape index (κ3) is 2.87. The fourth-order valence-electron chi connectivity index (χ4n) is 2.97. The van der Waals surface area contributed by atoms with Crippen LogP contribution in [0.3, 0.4) is 0 Å². The highest BCUT2D eigenvalue weighted by Crippen LogP contribution is 2.38. The van der Waals surface area contributed by atoms with Crippen molar-refractivity contribution in [1.82, 2.24) is 0 Å². The van der Waals surface area contributed by atoms with E-state index in [2.05, 4.69) is 67.8 Å². The highest BCUT2D eigenvalue weighted by Gasteiger charge is 2.26. The van der Waals surface area contributed by atoms with E-state index in [1.165, 1.54) is 16.8 Å². The third-order valence-electron chi connectivity index (χ3n) is 4.46. The van der Waals surface area contributed by atoms with Crippen LogP contribution < -0.4 is 10.6 Å². The number of anilines is 3. The van der Waals surface area contributed by atoms with Gasteiger partial charge in [0.05, 0.1) is 5.54 Å². The standard InChI is InChI=1S/C20H24N2/c1-4-15-14-20(3,5-2)22-19-12-11-17(13-18(15)19)21-16-9-7-6-8-10-16/h6-14,21-22H,4-5H2,1-3H3. The Kier molecular flexibility index (Phi) is 3.93. The molecule has 2 heteroatoms. The van der Waals surface area contributed by atoms with Gasteiger partial charge in [0.2, 0.25) is 0 Å². The molecule has 0 aliphatic carbocycles. The molecule has 22 heavy (non-hydrogen) atoms. The summed E-state index contributed by atoms with van der Waals surface area (Å²) in [4.78, 5) is 0. The molecule has 2 aromatic carbocycles. The van der Waals surface area contributed by atoms with Crippen molar-refractivity contribution < 1.29 is 0 Å². The Hall–Kier alpha value is -2.22. The molecule has 0 fully saturated rings. The molecule has 1 aliphatic heterocycles. The number of nitrogens with one attached hydrogen (secondary N) is 2. The molecule has 0 spiro atoms. The van der Waals surface area contributed by atoms with Gasteiger partial charge in [-0.15, -0.1) is 0 Å². The lowest BCUT2D eigenvalue weighted by Gasteiger charge is -2.35. The highest BCUT2D eigenvalue weighted by molar-refractivity contribution is 5.84. The van der Waals surface area contributed by atoms with E-state index in [9.17, 15) is 0 Å². The SMILES string of the molecule is CCC1=CC(C)(CC)Nc2ccc(Nc3ccccc3)cc21. The summed E-state index contributed by atoms with van der Waals surface area (Å²) in [6.07, 6.45) is 4.53. The maximum atomic E-state index is 3.67. The van der Waals surface area contributed by atoms with Crippen molar-refractivity contribution in [3.63, 3.8) is 0 Å². The van der Waals surface area contributed by atoms with Crippen LogP contribution in [0, 0.1) is 0 Å². The first kappa shape index (κ1) is 14.7. The van der Waals surface area contributed by atoms with Gasteiger partial charge in [-0.3, -0.25) is 0 Å². The highest BCUT2D eigenvalue weighted by atomic mass is 15.0. The van der Waals surface area contributed by atoms with E-state index in [1.807, 2.05) is 18.2 Å². The molecule has 0 saturated carbocycles. The minimum absolute atomic E-state index is 0.0622. The quantitative estimate of drug-likeness (QED) is 0.742. The molecular weight excluding hydrogens is 268 g/mol. The molecule has 0 amide bonds. The first-order valence-electron chi connectivity index (χ1n) is 8.10. The zero-order chi connectivity index (χ0) is 15.6. The molecule has 2 N–H and O–H groups in total. The summed E-state index contributed by atoms with van der Waals surface area (Å²) in [7, 11) is 0. The molecule has 0 radical (unpaired) electrons. The Morgan fingerprint density at radius 2 is 1.77 bits per heavy atom.